The van der Waals surface area contributed by atoms with Crippen LogP contribution in [0, 0.1) is 0 Å². The number of carbonyl (C=O) groups excluding carboxylic acids is 1. The van der Waals surface area contributed by atoms with Crippen molar-refractivity contribution in [2.45, 2.75) is 52.4 Å². The van der Waals surface area contributed by atoms with Crippen molar-refractivity contribution in [1.29, 1.82) is 0 Å². The number of hydrogen-bond acceptors (Lipinski definition) is 3. The van der Waals surface area contributed by atoms with Gasteiger partial charge in [0.2, 0.25) is 5.88 Å². The van der Waals surface area contributed by atoms with E-state index in [-0.39, 0.29) is 5.97 Å². The minimum atomic E-state index is -0.361. The van der Waals surface area contributed by atoms with Gasteiger partial charge in [-0.3, -0.25) is 0 Å². The highest BCUT2D eigenvalue weighted by molar-refractivity contribution is 5.91. The predicted octanol–water partition coefficient (Wildman–Crippen LogP) is 5.78. The van der Waals surface area contributed by atoms with Crippen LogP contribution in [0.25, 0.3) is 5.69 Å². The van der Waals surface area contributed by atoms with E-state index in [0.717, 1.165) is 30.6 Å². The van der Waals surface area contributed by atoms with Crippen molar-refractivity contribution in [1.82, 2.24) is 9.78 Å². The van der Waals surface area contributed by atoms with Crippen LogP contribution in [0.3, 0.4) is 0 Å². The Labute approximate surface area is 167 Å². The van der Waals surface area contributed by atoms with E-state index in [0.29, 0.717) is 11.4 Å². The molecule has 4 heteroatoms. The smallest absolute Gasteiger partial charge is 0.344 e. The molecule has 0 bridgehead atoms. The van der Waals surface area contributed by atoms with E-state index < -0.39 is 0 Å². The zero-order valence-electron chi connectivity index (χ0n) is 16.7. The largest absolute Gasteiger partial charge is 0.404 e. The fourth-order valence-corrected chi connectivity index (χ4v) is 3.16. The van der Waals surface area contributed by atoms with E-state index in [4.69, 9.17) is 4.74 Å². The molecule has 4 nitrogen and oxygen atoms in total. The maximum atomic E-state index is 12.7. The van der Waals surface area contributed by atoms with Gasteiger partial charge in [0, 0.05) is 6.07 Å². The number of aryl methyl sites for hydroxylation is 2. The third-order valence-electron chi connectivity index (χ3n) is 4.69. The summed E-state index contributed by atoms with van der Waals surface area (Å²) >= 11 is 0. The highest BCUT2D eigenvalue weighted by Crippen LogP contribution is 2.22. The minimum Gasteiger partial charge on any atom is -0.404 e. The second kappa shape index (κ2) is 9.88. The quantitative estimate of drug-likeness (QED) is 0.351. The number of rotatable bonds is 9. The number of carbonyl (C=O) groups is 1. The molecule has 28 heavy (non-hydrogen) atoms. The highest BCUT2D eigenvalue weighted by Gasteiger charge is 2.16. The van der Waals surface area contributed by atoms with Gasteiger partial charge in [0.15, 0.2) is 0 Å². The van der Waals surface area contributed by atoms with Crippen molar-refractivity contribution in [3.8, 4) is 11.6 Å². The summed E-state index contributed by atoms with van der Waals surface area (Å²) in [7, 11) is 0. The van der Waals surface area contributed by atoms with Crippen molar-refractivity contribution in [2.75, 3.05) is 0 Å². The Morgan fingerprint density at radius 1 is 0.929 bits per heavy atom. The van der Waals surface area contributed by atoms with Crippen LogP contribution in [0.5, 0.6) is 5.88 Å². The molecule has 0 spiro atoms. The van der Waals surface area contributed by atoms with Crippen LogP contribution in [-0.4, -0.2) is 15.7 Å². The van der Waals surface area contributed by atoms with Crippen LogP contribution in [0.15, 0.2) is 60.7 Å². The summed E-state index contributed by atoms with van der Waals surface area (Å²) in [5.74, 6) is 0.0897. The van der Waals surface area contributed by atoms with Crippen LogP contribution < -0.4 is 4.74 Å². The molecule has 2 aromatic carbocycles. The first-order chi connectivity index (χ1) is 13.7. The van der Waals surface area contributed by atoms with Gasteiger partial charge in [-0.05, 0) is 49.1 Å². The third kappa shape index (κ3) is 5.10. The zero-order chi connectivity index (χ0) is 19.8. The molecule has 146 valence electrons. The molecule has 0 amide bonds. The van der Waals surface area contributed by atoms with Crippen molar-refractivity contribution < 1.29 is 9.53 Å². The predicted molar refractivity (Wildman–Crippen MR) is 112 cm³/mol. The van der Waals surface area contributed by atoms with E-state index in [9.17, 15) is 4.79 Å². The molecular formula is C24H28N2O2. The fourth-order valence-electron chi connectivity index (χ4n) is 3.16. The standard InChI is InChI=1S/C24H28N2O2/c1-3-5-7-11-19-14-16-20(17-15-19)24(27)28-23-18-21(10-4-2)25-26(23)22-12-8-6-9-13-22/h6,8-9,12-18H,3-5,7,10-11H2,1-2H3. The van der Waals surface area contributed by atoms with Gasteiger partial charge in [-0.15, -0.1) is 0 Å². The Morgan fingerprint density at radius 3 is 2.36 bits per heavy atom. The second-order valence-electron chi connectivity index (χ2n) is 7.01. The van der Waals surface area contributed by atoms with E-state index in [1.165, 1.54) is 24.8 Å². The van der Waals surface area contributed by atoms with Crippen LogP contribution in [0.4, 0.5) is 0 Å². The summed E-state index contributed by atoms with van der Waals surface area (Å²) < 4.78 is 7.41. The maximum absolute atomic E-state index is 12.7. The molecule has 0 aliphatic heterocycles. The average Bonchev–Trinajstić information content (AvgIpc) is 3.12. The SMILES string of the molecule is CCCCCc1ccc(C(=O)Oc2cc(CCC)nn2-c2ccccc2)cc1. The lowest BCUT2D eigenvalue weighted by Gasteiger charge is -2.08. The van der Waals surface area contributed by atoms with Crippen molar-refractivity contribution in [2.24, 2.45) is 0 Å². The number of hydrogen-bond donors (Lipinski definition) is 0. The van der Waals surface area contributed by atoms with Gasteiger partial charge in [0.25, 0.3) is 0 Å². The topological polar surface area (TPSA) is 44.1 Å². The fraction of sp³-hybridized carbons (Fsp3) is 0.333. The Balaban J connectivity index is 1.76. The summed E-state index contributed by atoms with van der Waals surface area (Å²) in [5, 5.41) is 4.61. The molecule has 0 fully saturated rings. The molecule has 0 saturated carbocycles. The first-order valence-electron chi connectivity index (χ1n) is 10.2. The zero-order valence-corrected chi connectivity index (χ0v) is 16.7. The van der Waals surface area contributed by atoms with Gasteiger partial charge in [-0.25, -0.2) is 9.48 Å². The van der Waals surface area contributed by atoms with Crippen LogP contribution in [0.2, 0.25) is 0 Å². The molecule has 0 unspecified atom stereocenters. The van der Waals surface area contributed by atoms with Gasteiger partial charge < -0.3 is 4.74 Å². The van der Waals surface area contributed by atoms with E-state index >= 15 is 0 Å². The lowest BCUT2D eigenvalue weighted by Crippen LogP contribution is -2.11. The van der Waals surface area contributed by atoms with E-state index in [2.05, 4.69) is 18.9 Å². The molecule has 0 aliphatic carbocycles. The monoisotopic (exact) mass is 376 g/mol. The number of aromatic nitrogens is 2. The minimum absolute atomic E-state index is 0.361. The molecule has 1 aromatic heterocycles. The molecule has 0 atom stereocenters. The van der Waals surface area contributed by atoms with E-state index in [1.54, 1.807) is 4.68 Å². The molecule has 1 heterocycles. The van der Waals surface area contributed by atoms with Gasteiger partial charge in [0.05, 0.1) is 16.9 Å². The van der Waals surface area contributed by atoms with Crippen LogP contribution >= 0.6 is 0 Å². The molecule has 0 saturated heterocycles. The van der Waals surface area contributed by atoms with Crippen LogP contribution in [-0.2, 0) is 12.8 Å². The van der Waals surface area contributed by atoms with Gasteiger partial charge >= 0.3 is 5.97 Å². The molecule has 0 radical (unpaired) electrons. The normalized spacial score (nSPS) is 10.8. The highest BCUT2D eigenvalue weighted by atomic mass is 16.5. The lowest BCUT2D eigenvalue weighted by atomic mass is 10.1. The number of nitrogens with zero attached hydrogens (tertiary/aromatic N) is 2. The molecular weight excluding hydrogens is 348 g/mol. The number of para-hydroxylation sites is 1. The first-order valence-corrected chi connectivity index (χ1v) is 10.2. The maximum Gasteiger partial charge on any atom is 0.344 e. The van der Waals surface area contributed by atoms with Crippen molar-refractivity contribution >= 4 is 5.97 Å². The molecule has 3 aromatic rings. The molecule has 3 rings (SSSR count). The molecule has 0 N–H and O–H groups in total. The lowest BCUT2D eigenvalue weighted by molar-refractivity contribution is 0.0723. The number of ether oxygens (including phenoxy) is 1. The Kier molecular flexibility index (Phi) is 7.01. The summed E-state index contributed by atoms with van der Waals surface area (Å²) in [6.45, 7) is 4.31. The van der Waals surface area contributed by atoms with Gasteiger partial charge in [-0.1, -0.05) is 63.4 Å². The van der Waals surface area contributed by atoms with Crippen LogP contribution in [0.1, 0.15) is 61.1 Å². The number of benzene rings is 2. The van der Waals surface area contributed by atoms with Crippen molar-refractivity contribution in [3.05, 3.63) is 77.5 Å². The van der Waals surface area contributed by atoms with E-state index in [1.807, 2.05) is 60.7 Å². The van der Waals surface area contributed by atoms with Gasteiger partial charge in [0.1, 0.15) is 0 Å². The van der Waals surface area contributed by atoms with Gasteiger partial charge in [-0.2, -0.15) is 5.10 Å². The number of esters is 1. The average molecular weight is 376 g/mol. The third-order valence-corrected chi connectivity index (χ3v) is 4.69. The number of unbranched alkanes of at least 4 members (excludes halogenated alkanes) is 2. The Morgan fingerprint density at radius 2 is 1.68 bits per heavy atom. The Hall–Kier alpha value is -2.88. The Bertz CT molecular complexity index is 883. The summed E-state index contributed by atoms with van der Waals surface area (Å²) in [6.07, 6.45) is 6.49. The summed E-state index contributed by atoms with van der Waals surface area (Å²) in [5.41, 5.74) is 3.60. The first kappa shape index (κ1) is 19.9. The molecule has 0 aliphatic rings. The van der Waals surface area contributed by atoms with Crippen molar-refractivity contribution in [3.63, 3.8) is 0 Å². The summed E-state index contributed by atoms with van der Waals surface area (Å²) in [4.78, 5) is 12.7. The summed E-state index contributed by atoms with van der Waals surface area (Å²) in [6, 6.07) is 19.3. The second-order valence-corrected chi connectivity index (χ2v) is 7.01.